The van der Waals surface area contributed by atoms with Crippen LogP contribution in [-0.4, -0.2) is 27.5 Å². The summed E-state index contributed by atoms with van der Waals surface area (Å²) in [6.07, 6.45) is 0. The third kappa shape index (κ3) is 4.45. The van der Waals surface area contributed by atoms with E-state index in [1.54, 1.807) is 32.2 Å². The van der Waals surface area contributed by atoms with Gasteiger partial charge in [0.05, 0.1) is 23.7 Å². The third-order valence-corrected chi connectivity index (χ3v) is 6.14. The number of hydrogen-bond acceptors (Lipinski definition) is 6. The fourth-order valence-electron chi connectivity index (χ4n) is 3.42. The number of ether oxygens (including phenoxy) is 1. The van der Waals surface area contributed by atoms with Crippen molar-refractivity contribution in [1.29, 1.82) is 0 Å². The van der Waals surface area contributed by atoms with Crippen LogP contribution in [0.4, 0.5) is 5.69 Å². The fourth-order valence-corrected chi connectivity index (χ4v) is 3.94. The predicted octanol–water partition coefficient (Wildman–Crippen LogP) is 3.36. The van der Waals surface area contributed by atoms with Gasteiger partial charge < -0.3 is 19.8 Å². The molecule has 4 rings (SSSR count). The molecule has 4 aromatic rings. The highest BCUT2D eigenvalue weighted by Gasteiger charge is 2.17. The number of fused-ring (bicyclic) bond motifs is 3. The van der Waals surface area contributed by atoms with Crippen LogP contribution < -0.4 is 20.5 Å². The van der Waals surface area contributed by atoms with E-state index in [1.807, 2.05) is 30.3 Å². The van der Waals surface area contributed by atoms with Crippen LogP contribution in [0.1, 0.15) is 12.5 Å². The molecule has 166 valence electrons. The molecule has 8 nitrogen and oxygen atoms in total. The van der Waals surface area contributed by atoms with Gasteiger partial charge in [-0.2, -0.15) is 0 Å². The Morgan fingerprint density at radius 3 is 2.47 bits per heavy atom. The summed E-state index contributed by atoms with van der Waals surface area (Å²) in [4.78, 5) is 12.8. The van der Waals surface area contributed by atoms with Gasteiger partial charge in [-0.05, 0) is 36.8 Å². The van der Waals surface area contributed by atoms with E-state index < -0.39 is 16.1 Å². The van der Waals surface area contributed by atoms with E-state index >= 15 is 0 Å². The Labute approximate surface area is 185 Å². The maximum Gasteiger partial charge on any atom is 0.241 e. The van der Waals surface area contributed by atoms with Crippen molar-refractivity contribution < 1.29 is 22.4 Å². The molecular formula is C23H23N3O5S. The van der Waals surface area contributed by atoms with Crippen molar-refractivity contribution in [2.24, 2.45) is 5.14 Å². The van der Waals surface area contributed by atoms with Crippen molar-refractivity contribution in [3.05, 3.63) is 66.2 Å². The number of nitrogens with two attached hydrogens (primary N) is 1. The number of carbonyl (C=O) groups is 1. The normalized spacial score (nSPS) is 12.7. The summed E-state index contributed by atoms with van der Waals surface area (Å²) in [5.74, 6) is 0.281. The minimum Gasteiger partial charge on any atom is -0.495 e. The molecule has 9 heteroatoms. The Kier molecular flexibility index (Phi) is 5.88. The molecule has 0 radical (unpaired) electrons. The number of amides is 1. The molecule has 1 aromatic heterocycles. The largest absolute Gasteiger partial charge is 0.495 e. The van der Waals surface area contributed by atoms with E-state index in [4.69, 9.17) is 14.3 Å². The van der Waals surface area contributed by atoms with Crippen LogP contribution in [0.15, 0.2) is 70.0 Å². The van der Waals surface area contributed by atoms with E-state index in [2.05, 4.69) is 10.6 Å². The number of benzene rings is 3. The summed E-state index contributed by atoms with van der Waals surface area (Å²) in [7, 11) is -2.19. The minimum absolute atomic E-state index is 0.0418. The summed E-state index contributed by atoms with van der Waals surface area (Å²) in [6.45, 7) is 2.11. The Balaban J connectivity index is 1.47. The Bertz CT molecular complexity index is 1390. The number of methoxy groups -OCH3 is 1. The molecule has 0 aliphatic rings. The lowest BCUT2D eigenvalue weighted by Gasteiger charge is -2.16. The van der Waals surface area contributed by atoms with Crippen molar-refractivity contribution >= 4 is 43.6 Å². The average Bonchev–Trinajstić information content (AvgIpc) is 3.13. The smallest absolute Gasteiger partial charge is 0.241 e. The van der Waals surface area contributed by atoms with Crippen molar-refractivity contribution in [2.75, 3.05) is 12.4 Å². The molecular weight excluding hydrogens is 430 g/mol. The molecule has 0 bridgehead atoms. The summed E-state index contributed by atoms with van der Waals surface area (Å²) >= 11 is 0. The summed E-state index contributed by atoms with van der Waals surface area (Å²) in [6, 6.07) is 17.0. The maximum absolute atomic E-state index is 12.7. The monoisotopic (exact) mass is 453 g/mol. The molecule has 0 aliphatic carbocycles. The zero-order valence-corrected chi connectivity index (χ0v) is 18.4. The zero-order valence-electron chi connectivity index (χ0n) is 17.6. The zero-order chi connectivity index (χ0) is 22.9. The first-order chi connectivity index (χ1) is 15.3. The van der Waals surface area contributed by atoms with Crippen LogP contribution in [0.3, 0.4) is 0 Å². The number of anilines is 1. The van der Waals surface area contributed by atoms with Gasteiger partial charge in [-0.1, -0.05) is 30.3 Å². The van der Waals surface area contributed by atoms with Crippen LogP contribution in [0.5, 0.6) is 5.75 Å². The third-order valence-electron chi connectivity index (χ3n) is 5.21. The standard InChI is InChI=1S/C23H23N3O5S/c1-14(25-13-15-7-9-16(10-8-15)32(24,28)29)23(27)26-19-12-21-18(11-22(19)30-2)17-5-3-4-6-20(17)31-21/h3-12,14,25H,13H2,1-2H3,(H,26,27)(H2,24,28,29)/t14-/m1/s1. The number of carbonyl (C=O) groups excluding carboxylic acids is 1. The van der Waals surface area contributed by atoms with E-state index in [0.717, 1.165) is 21.9 Å². The second kappa shape index (κ2) is 8.62. The highest BCUT2D eigenvalue weighted by Crippen LogP contribution is 2.36. The first-order valence-corrected chi connectivity index (χ1v) is 11.5. The van der Waals surface area contributed by atoms with Crippen LogP contribution >= 0.6 is 0 Å². The van der Waals surface area contributed by atoms with Gasteiger partial charge in [0.2, 0.25) is 15.9 Å². The van der Waals surface area contributed by atoms with Crippen molar-refractivity contribution in [2.45, 2.75) is 24.4 Å². The first-order valence-electron chi connectivity index (χ1n) is 9.91. The Morgan fingerprint density at radius 2 is 1.78 bits per heavy atom. The molecule has 1 amide bonds. The number of rotatable bonds is 7. The van der Waals surface area contributed by atoms with Gasteiger partial charge in [-0.15, -0.1) is 0 Å². The molecule has 0 unspecified atom stereocenters. The number of hydrogen-bond donors (Lipinski definition) is 3. The maximum atomic E-state index is 12.7. The molecule has 32 heavy (non-hydrogen) atoms. The van der Waals surface area contributed by atoms with Crippen molar-refractivity contribution in [3.63, 3.8) is 0 Å². The number of furan rings is 1. The molecule has 3 aromatic carbocycles. The minimum atomic E-state index is -3.73. The Hall–Kier alpha value is -3.40. The lowest BCUT2D eigenvalue weighted by Crippen LogP contribution is -2.37. The SMILES string of the molecule is COc1cc2c(cc1NC(=O)[C@@H](C)NCc1ccc(S(N)(=O)=O)cc1)oc1ccccc12. The molecule has 1 heterocycles. The van der Waals surface area contributed by atoms with E-state index in [-0.39, 0.29) is 10.8 Å². The molecule has 0 aliphatic heterocycles. The van der Waals surface area contributed by atoms with Gasteiger partial charge in [-0.3, -0.25) is 4.79 Å². The molecule has 4 N–H and O–H groups in total. The van der Waals surface area contributed by atoms with Crippen molar-refractivity contribution in [3.8, 4) is 5.75 Å². The predicted molar refractivity (Wildman–Crippen MR) is 123 cm³/mol. The second-order valence-corrected chi connectivity index (χ2v) is 8.99. The number of nitrogens with one attached hydrogen (secondary N) is 2. The van der Waals surface area contributed by atoms with Gasteiger partial charge in [0, 0.05) is 23.4 Å². The lowest BCUT2D eigenvalue weighted by molar-refractivity contribution is -0.117. The average molecular weight is 454 g/mol. The van der Waals surface area contributed by atoms with E-state index in [0.29, 0.717) is 23.6 Å². The summed E-state index contributed by atoms with van der Waals surface area (Å²) in [5.41, 5.74) is 2.74. The van der Waals surface area contributed by atoms with Gasteiger partial charge in [0.1, 0.15) is 16.9 Å². The van der Waals surface area contributed by atoms with Crippen LogP contribution in [-0.2, 0) is 21.4 Å². The molecule has 0 spiro atoms. The van der Waals surface area contributed by atoms with Crippen LogP contribution in [0, 0.1) is 0 Å². The number of primary sulfonamides is 1. The topological polar surface area (TPSA) is 124 Å². The fraction of sp³-hybridized carbons (Fsp3) is 0.174. The number of sulfonamides is 1. The van der Waals surface area contributed by atoms with E-state index in [1.165, 1.54) is 12.1 Å². The highest BCUT2D eigenvalue weighted by atomic mass is 32.2. The summed E-state index contributed by atoms with van der Waals surface area (Å²) in [5, 5.41) is 13.0. The number of para-hydroxylation sites is 1. The van der Waals surface area contributed by atoms with Gasteiger partial charge in [0.15, 0.2) is 0 Å². The summed E-state index contributed by atoms with van der Waals surface area (Å²) < 4.78 is 34.1. The quantitative estimate of drug-likeness (QED) is 0.394. The Morgan fingerprint density at radius 1 is 1.06 bits per heavy atom. The van der Waals surface area contributed by atoms with E-state index in [9.17, 15) is 13.2 Å². The van der Waals surface area contributed by atoms with Crippen LogP contribution in [0.2, 0.25) is 0 Å². The second-order valence-electron chi connectivity index (χ2n) is 7.43. The van der Waals surface area contributed by atoms with Gasteiger partial charge in [0.25, 0.3) is 0 Å². The first kappa shape index (κ1) is 21.8. The van der Waals surface area contributed by atoms with Crippen molar-refractivity contribution in [1.82, 2.24) is 5.32 Å². The molecule has 1 atom stereocenters. The van der Waals surface area contributed by atoms with Gasteiger partial charge >= 0.3 is 0 Å². The highest BCUT2D eigenvalue weighted by molar-refractivity contribution is 7.89. The molecule has 0 fully saturated rings. The molecule has 0 saturated carbocycles. The lowest BCUT2D eigenvalue weighted by atomic mass is 10.1. The van der Waals surface area contributed by atoms with Crippen LogP contribution in [0.25, 0.3) is 21.9 Å². The van der Waals surface area contributed by atoms with Gasteiger partial charge in [-0.25, -0.2) is 13.6 Å². The molecule has 0 saturated heterocycles.